The minimum Gasteiger partial charge on any atom is -0.506 e. The first kappa shape index (κ1) is 15.2. The zero-order valence-electron chi connectivity index (χ0n) is 11.6. The molecule has 0 aliphatic rings. The first-order chi connectivity index (χ1) is 9.90. The predicted octanol–water partition coefficient (Wildman–Crippen LogP) is 2.40. The van der Waals surface area contributed by atoms with Crippen molar-refractivity contribution in [1.29, 1.82) is 0 Å². The number of rotatable bonds is 4. The van der Waals surface area contributed by atoms with Gasteiger partial charge < -0.3 is 15.0 Å². The van der Waals surface area contributed by atoms with Gasteiger partial charge in [0.2, 0.25) is 5.91 Å². The maximum absolute atomic E-state index is 13.5. The van der Waals surface area contributed by atoms with Crippen molar-refractivity contribution in [3.63, 3.8) is 0 Å². The summed E-state index contributed by atoms with van der Waals surface area (Å²) in [5.74, 6) is -1.50. The van der Waals surface area contributed by atoms with Crippen LogP contribution in [0.1, 0.15) is 17.0 Å². The van der Waals surface area contributed by atoms with Gasteiger partial charge in [-0.25, -0.2) is 4.39 Å². The maximum atomic E-state index is 13.5. The van der Waals surface area contributed by atoms with E-state index in [2.05, 4.69) is 5.32 Å². The van der Waals surface area contributed by atoms with Crippen LogP contribution in [0.3, 0.4) is 0 Å². The largest absolute Gasteiger partial charge is 0.506 e. The van der Waals surface area contributed by atoms with Crippen LogP contribution < -0.4 is 10.2 Å². The number of phenols is 1. The number of carbonyl (C=O) groups is 1. The van der Waals surface area contributed by atoms with Crippen LogP contribution in [0.15, 0.2) is 23.0 Å². The van der Waals surface area contributed by atoms with Gasteiger partial charge >= 0.3 is 4.87 Å². The van der Waals surface area contributed by atoms with Gasteiger partial charge in [0.15, 0.2) is 5.82 Å². The summed E-state index contributed by atoms with van der Waals surface area (Å²) in [4.78, 5) is 24.3. The normalized spacial score (nSPS) is 10.6. The Morgan fingerprint density at radius 2 is 2.14 bits per heavy atom. The van der Waals surface area contributed by atoms with E-state index < -0.39 is 11.7 Å². The lowest BCUT2D eigenvalue weighted by atomic mass is 10.2. The quantitative estimate of drug-likeness (QED) is 0.852. The van der Waals surface area contributed by atoms with Crippen LogP contribution in [0.5, 0.6) is 5.75 Å². The van der Waals surface area contributed by atoms with Crippen LogP contribution in [-0.4, -0.2) is 15.6 Å². The molecule has 1 aromatic heterocycles. The molecule has 0 bridgehead atoms. The fourth-order valence-electron chi connectivity index (χ4n) is 1.90. The number of nitrogens with zero attached hydrogens (tertiary/aromatic N) is 1. The van der Waals surface area contributed by atoms with Crippen LogP contribution in [0.25, 0.3) is 0 Å². The third kappa shape index (κ3) is 3.30. The molecule has 0 fully saturated rings. The molecule has 2 N–H and O–H groups in total. The number of hydrogen-bond donors (Lipinski definition) is 2. The number of benzene rings is 1. The van der Waals surface area contributed by atoms with Gasteiger partial charge in [0.1, 0.15) is 11.4 Å². The number of aromatic hydroxyl groups is 1. The molecule has 0 atom stereocenters. The van der Waals surface area contributed by atoms with E-state index in [4.69, 9.17) is 0 Å². The number of hydrogen-bond acceptors (Lipinski definition) is 4. The van der Waals surface area contributed by atoms with Crippen molar-refractivity contribution in [2.75, 3.05) is 5.32 Å². The summed E-state index contributed by atoms with van der Waals surface area (Å²) in [5.41, 5.74) is 0.583. The third-order valence-corrected chi connectivity index (χ3v) is 4.19. The average molecular weight is 310 g/mol. The molecule has 112 valence electrons. The Labute approximate surface area is 124 Å². The van der Waals surface area contributed by atoms with E-state index in [9.17, 15) is 19.1 Å². The Kier molecular flexibility index (Phi) is 4.42. The van der Waals surface area contributed by atoms with E-state index in [1.54, 1.807) is 0 Å². The fraction of sp³-hybridized carbons (Fsp3) is 0.286. The van der Waals surface area contributed by atoms with E-state index in [0.717, 1.165) is 28.0 Å². The summed E-state index contributed by atoms with van der Waals surface area (Å²) in [5, 5.41) is 11.8. The van der Waals surface area contributed by atoms with Crippen LogP contribution >= 0.6 is 11.3 Å². The summed E-state index contributed by atoms with van der Waals surface area (Å²) >= 11 is 1.13. The first-order valence-electron chi connectivity index (χ1n) is 6.34. The van der Waals surface area contributed by atoms with E-state index >= 15 is 0 Å². The Morgan fingerprint density at radius 3 is 2.71 bits per heavy atom. The maximum Gasteiger partial charge on any atom is 0.307 e. The summed E-state index contributed by atoms with van der Waals surface area (Å²) in [6.07, 6.45) is 0.0185. The van der Waals surface area contributed by atoms with Gasteiger partial charge in [-0.3, -0.25) is 9.59 Å². The van der Waals surface area contributed by atoms with E-state index in [0.29, 0.717) is 0 Å². The van der Waals surface area contributed by atoms with Crippen molar-refractivity contribution < 1.29 is 14.3 Å². The summed E-state index contributed by atoms with van der Waals surface area (Å²) in [7, 11) is 0. The number of aryl methyl sites for hydroxylation is 1. The molecule has 2 rings (SSSR count). The SMILES string of the molecule is Cc1sc(=O)n(CCC(=O)Nc2c(O)cccc2F)c1C. The molecule has 1 aromatic carbocycles. The van der Waals surface area contributed by atoms with Gasteiger partial charge in [0.05, 0.1) is 0 Å². The number of nitrogens with one attached hydrogen (secondary N) is 1. The van der Waals surface area contributed by atoms with Crippen molar-refractivity contribution in [2.45, 2.75) is 26.8 Å². The van der Waals surface area contributed by atoms with E-state index in [-0.39, 0.29) is 29.3 Å². The number of para-hydroxylation sites is 1. The molecule has 0 radical (unpaired) electrons. The van der Waals surface area contributed by atoms with Gasteiger partial charge in [-0.05, 0) is 26.0 Å². The lowest BCUT2D eigenvalue weighted by Crippen LogP contribution is -2.20. The molecule has 0 saturated carbocycles. The van der Waals surface area contributed by atoms with E-state index in [1.807, 2.05) is 13.8 Å². The van der Waals surface area contributed by atoms with Crippen LogP contribution in [0.4, 0.5) is 10.1 Å². The molecule has 7 heteroatoms. The first-order valence-corrected chi connectivity index (χ1v) is 7.16. The van der Waals surface area contributed by atoms with Crippen molar-refractivity contribution >= 4 is 22.9 Å². The lowest BCUT2D eigenvalue weighted by Gasteiger charge is -2.09. The fourth-order valence-corrected chi connectivity index (χ4v) is 2.76. The molecule has 21 heavy (non-hydrogen) atoms. The van der Waals surface area contributed by atoms with Gasteiger partial charge in [-0.1, -0.05) is 17.4 Å². The monoisotopic (exact) mass is 310 g/mol. The van der Waals surface area contributed by atoms with Crippen molar-refractivity contribution in [1.82, 2.24) is 4.57 Å². The van der Waals surface area contributed by atoms with Crippen molar-refractivity contribution in [3.05, 3.63) is 44.3 Å². The molecule has 0 aliphatic carbocycles. The highest BCUT2D eigenvalue weighted by Gasteiger charge is 2.13. The Balaban J connectivity index is 2.04. The zero-order chi connectivity index (χ0) is 15.6. The van der Waals surface area contributed by atoms with Gasteiger partial charge in [-0.2, -0.15) is 0 Å². The van der Waals surface area contributed by atoms with Gasteiger partial charge in [-0.15, -0.1) is 0 Å². The molecular weight excluding hydrogens is 295 g/mol. The number of carbonyl (C=O) groups excluding carboxylic acids is 1. The average Bonchev–Trinajstić information content (AvgIpc) is 2.66. The van der Waals surface area contributed by atoms with E-state index in [1.165, 1.54) is 16.7 Å². The smallest absolute Gasteiger partial charge is 0.307 e. The van der Waals surface area contributed by atoms with Gasteiger partial charge in [0, 0.05) is 23.5 Å². The Bertz CT molecular complexity index is 716. The second kappa shape index (κ2) is 6.09. The number of halogens is 1. The molecular formula is C14H15FN2O3S. The Morgan fingerprint density at radius 1 is 1.43 bits per heavy atom. The number of anilines is 1. The topological polar surface area (TPSA) is 71.3 Å². The second-order valence-electron chi connectivity index (χ2n) is 4.59. The zero-order valence-corrected chi connectivity index (χ0v) is 12.5. The number of amides is 1. The van der Waals surface area contributed by atoms with Crippen LogP contribution in [0, 0.1) is 19.7 Å². The molecule has 0 spiro atoms. The molecule has 5 nitrogen and oxygen atoms in total. The summed E-state index contributed by atoms with van der Waals surface area (Å²) in [6.45, 7) is 3.87. The predicted molar refractivity (Wildman–Crippen MR) is 79.4 cm³/mol. The highest BCUT2D eigenvalue weighted by molar-refractivity contribution is 7.09. The highest BCUT2D eigenvalue weighted by atomic mass is 32.1. The minimum atomic E-state index is -0.705. The number of aromatic nitrogens is 1. The molecule has 0 aliphatic heterocycles. The number of phenolic OH excluding ortho intramolecular Hbond substituents is 1. The minimum absolute atomic E-state index is 0.0185. The molecule has 1 heterocycles. The van der Waals surface area contributed by atoms with Crippen LogP contribution in [-0.2, 0) is 11.3 Å². The Hall–Kier alpha value is -2.15. The summed E-state index contributed by atoms with van der Waals surface area (Å²) in [6, 6.07) is 3.78. The molecule has 0 saturated heterocycles. The third-order valence-electron chi connectivity index (χ3n) is 3.19. The second-order valence-corrected chi connectivity index (χ2v) is 5.76. The summed E-state index contributed by atoms with van der Waals surface area (Å²) < 4.78 is 15.0. The van der Waals surface area contributed by atoms with Crippen molar-refractivity contribution in [2.24, 2.45) is 0 Å². The van der Waals surface area contributed by atoms with Gasteiger partial charge in [0.25, 0.3) is 0 Å². The molecule has 2 aromatic rings. The number of thiazole rings is 1. The molecule has 0 unspecified atom stereocenters. The molecule has 1 amide bonds. The lowest BCUT2D eigenvalue weighted by molar-refractivity contribution is -0.116. The van der Waals surface area contributed by atoms with Crippen molar-refractivity contribution in [3.8, 4) is 5.75 Å². The highest BCUT2D eigenvalue weighted by Crippen LogP contribution is 2.25. The van der Waals surface area contributed by atoms with Crippen LogP contribution in [0.2, 0.25) is 0 Å². The standard InChI is InChI=1S/C14H15FN2O3S/c1-8-9(2)21-14(20)17(8)7-6-12(19)16-13-10(15)4-3-5-11(13)18/h3-5,18H,6-7H2,1-2H3,(H,16,19).